The zero-order valence-corrected chi connectivity index (χ0v) is 22.7. The molecule has 12 heteroatoms. The molecule has 220 valence electrons. The zero-order chi connectivity index (χ0) is 29.6. The van der Waals surface area contributed by atoms with Gasteiger partial charge in [-0.3, -0.25) is 4.90 Å². The normalized spacial score (nSPS) is 17.2. The second kappa shape index (κ2) is 11.0. The number of hydrogen-bond acceptors (Lipinski definition) is 6. The highest BCUT2D eigenvalue weighted by Crippen LogP contribution is 2.38. The Balaban J connectivity index is 1.28. The van der Waals surface area contributed by atoms with Crippen molar-refractivity contribution in [1.29, 1.82) is 0 Å². The van der Waals surface area contributed by atoms with E-state index in [1.165, 1.54) is 6.07 Å². The van der Waals surface area contributed by atoms with E-state index in [2.05, 4.69) is 9.97 Å². The van der Waals surface area contributed by atoms with Crippen molar-refractivity contribution in [1.82, 2.24) is 19.4 Å². The number of aromatic carboxylic acids is 1. The average molecular weight is 585 g/mol. The van der Waals surface area contributed by atoms with Gasteiger partial charge in [0.15, 0.2) is 5.82 Å². The summed E-state index contributed by atoms with van der Waals surface area (Å²) in [6.45, 7) is 3.78. The molecule has 0 radical (unpaired) electrons. The van der Waals surface area contributed by atoms with E-state index >= 15 is 0 Å². The minimum Gasteiger partial charge on any atom is -0.478 e. The number of halogens is 4. The predicted octanol–water partition coefficient (Wildman–Crippen LogP) is 5.52. The highest BCUT2D eigenvalue weighted by molar-refractivity contribution is 5.92. The Hall–Kier alpha value is -4.03. The van der Waals surface area contributed by atoms with Gasteiger partial charge in [0.2, 0.25) is 5.88 Å². The number of nitrogens with zero attached hydrogens (tertiary/aromatic N) is 4. The van der Waals surface area contributed by atoms with Gasteiger partial charge in [0.25, 0.3) is 0 Å². The molecule has 2 aromatic carbocycles. The number of ether oxygens (including phenoxy) is 2. The fraction of sp³-hybridized carbons (Fsp3) is 0.367. The maximum atomic E-state index is 14.9. The summed E-state index contributed by atoms with van der Waals surface area (Å²) >= 11 is 0. The van der Waals surface area contributed by atoms with Crippen molar-refractivity contribution in [2.24, 2.45) is 0 Å². The molecule has 2 aromatic heterocycles. The van der Waals surface area contributed by atoms with Crippen LogP contribution in [0.3, 0.4) is 0 Å². The number of aromatic nitrogens is 3. The summed E-state index contributed by atoms with van der Waals surface area (Å²) in [5, 5.41) is 9.45. The fourth-order valence-electron chi connectivity index (χ4n) is 5.29. The van der Waals surface area contributed by atoms with Crippen LogP contribution in [0.2, 0.25) is 0 Å². The van der Waals surface area contributed by atoms with Gasteiger partial charge in [-0.15, -0.1) is 0 Å². The Bertz CT molecular complexity index is 1650. The van der Waals surface area contributed by atoms with E-state index in [-0.39, 0.29) is 36.9 Å². The van der Waals surface area contributed by atoms with E-state index in [1.807, 2.05) is 24.0 Å². The number of benzene rings is 2. The van der Waals surface area contributed by atoms with Crippen LogP contribution >= 0.6 is 0 Å². The molecule has 4 aromatic rings. The third-order valence-corrected chi connectivity index (χ3v) is 7.71. The summed E-state index contributed by atoms with van der Waals surface area (Å²) in [6, 6.07) is 10.8. The lowest BCUT2D eigenvalue weighted by Gasteiger charge is -2.30. The molecule has 1 saturated heterocycles. The lowest BCUT2D eigenvalue weighted by atomic mass is 10.0. The molecule has 0 bridgehead atoms. The molecule has 0 aliphatic carbocycles. The SMILES string of the molecule is Cc1ccc(COc2nc3c(cc2C(F)(F)F)CCN(Cc2nc4c(F)cc(C(=O)O)cc4n2C[C@@H]2CCO2)C3)cc1. The number of hydrogen-bond donors (Lipinski definition) is 1. The van der Waals surface area contributed by atoms with Crippen LogP contribution in [-0.4, -0.2) is 49.8 Å². The van der Waals surface area contributed by atoms with Crippen LogP contribution < -0.4 is 4.74 Å². The van der Waals surface area contributed by atoms with Gasteiger partial charge in [-0.25, -0.2) is 19.2 Å². The number of fused-ring (bicyclic) bond motifs is 2. The molecule has 0 saturated carbocycles. The van der Waals surface area contributed by atoms with Crippen molar-refractivity contribution in [3.8, 4) is 5.88 Å². The topological polar surface area (TPSA) is 89.7 Å². The smallest absolute Gasteiger partial charge is 0.421 e. The van der Waals surface area contributed by atoms with Gasteiger partial charge in [0.1, 0.15) is 23.5 Å². The van der Waals surface area contributed by atoms with E-state index in [4.69, 9.17) is 9.47 Å². The Labute approximate surface area is 238 Å². The summed E-state index contributed by atoms with van der Waals surface area (Å²) in [4.78, 5) is 22.4. The van der Waals surface area contributed by atoms with Crippen LogP contribution in [0, 0.1) is 12.7 Å². The van der Waals surface area contributed by atoms with Gasteiger partial charge < -0.3 is 19.1 Å². The van der Waals surface area contributed by atoms with Crippen molar-refractivity contribution in [3.05, 3.63) is 87.6 Å². The number of carbonyl (C=O) groups is 1. The van der Waals surface area contributed by atoms with Gasteiger partial charge in [-0.2, -0.15) is 13.2 Å². The first-order valence-electron chi connectivity index (χ1n) is 13.6. The predicted molar refractivity (Wildman–Crippen MR) is 144 cm³/mol. The Kier molecular flexibility index (Phi) is 7.36. The number of carboxylic acids is 1. The molecule has 0 amide bonds. The molecule has 1 fully saturated rings. The van der Waals surface area contributed by atoms with Crippen molar-refractivity contribution >= 4 is 17.0 Å². The van der Waals surface area contributed by atoms with E-state index in [0.717, 1.165) is 29.7 Å². The van der Waals surface area contributed by atoms with Gasteiger partial charge in [-0.05, 0) is 49.1 Å². The van der Waals surface area contributed by atoms with Crippen LogP contribution in [0.4, 0.5) is 17.6 Å². The largest absolute Gasteiger partial charge is 0.478 e. The quantitative estimate of drug-likeness (QED) is 0.273. The van der Waals surface area contributed by atoms with Crippen molar-refractivity contribution in [3.63, 3.8) is 0 Å². The lowest BCUT2D eigenvalue weighted by Crippen LogP contribution is -2.34. The van der Waals surface area contributed by atoms with Crippen molar-refractivity contribution in [2.45, 2.75) is 58.3 Å². The summed E-state index contributed by atoms with van der Waals surface area (Å²) in [5.74, 6) is -1.95. The number of carboxylic acid groups (broad SMARTS) is 1. The Morgan fingerprint density at radius 1 is 1.17 bits per heavy atom. The second-order valence-electron chi connectivity index (χ2n) is 10.7. The van der Waals surface area contributed by atoms with E-state index < -0.39 is 29.4 Å². The standard InChI is InChI=1S/C30H28F4N4O4/c1-17-2-4-18(5-3-17)16-42-28-22(30(32,33)34)10-19-6-8-37(14-24(19)35-28)15-26-36-27-23(31)11-20(29(39)40)12-25(27)38(26)13-21-7-9-41-21/h2-5,10-12,21H,6-9,13-16H2,1H3,(H,39,40)/t21-/m0/s1. The molecule has 2 aliphatic heterocycles. The number of rotatable bonds is 8. The fourth-order valence-corrected chi connectivity index (χ4v) is 5.29. The van der Waals surface area contributed by atoms with Gasteiger partial charge in [0.05, 0.1) is 36.0 Å². The highest BCUT2D eigenvalue weighted by Gasteiger charge is 2.37. The molecule has 2 aliphatic rings. The first-order valence-corrected chi connectivity index (χ1v) is 13.6. The van der Waals surface area contributed by atoms with Gasteiger partial charge in [0, 0.05) is 19.7 Å². The summed E-state index contributed by atoms with van der Waals surface area (Å²) in [7, 11) is 0. The number of aryl methyl sites for hydroxylation is 1. The Morgan fingerprint density at radius 3 is 2.60 bits per heavy atom. The molecule has 0 unspecified atom stereocenters. The molecule has 4 heterocycles. The number of imidazole rings is 1. The Morgan fingerprint density at radius 2 is 1.93 bits per heavy atom. The first kappa shape index (κ1) is 28.1. The molecule has 1 N–H and O–H groups in total. The van der Waals surface area contributed by atoms with Crippen molar-refractivity contribution in [2.75, 3.05) is 13.2 Å². The van der Waals surface area contributed by atoms with Crippen LogP contribution in [0.25, 0.3) is 11.0 Å². The summed E-state index contributed by atoms with van der Waals surface area (Å²) in [6.07, 6.45) is -3.59. The molecule has 0 spiro atoms. The highest BCUT2D eigenvalue weighted by atomic mass is 19.4. The van der Waals surface area contributed by atoms with Crippen LogP contribution in [0.15, 0.2) is 42.5 Å². The average Bonchev–Trinajstić information content (AvgIpc) is 3.26. The first-order chi connectivity index (χ1) is 20.0. The monoisotopic (exact) mass is 584 g/mol. The van der Waals surface area contributed by atoms with Crippen molar-refractivity contribution < 1.29 is 36.9 Å². The zero-order valence-electron chi connectivity index (χ0n) is 22.7. The van der Waals surface area contributed by atoms with Crippen LogP contribution in [-0.2, 0) is 43.6 Å². The lowest BCUT2D eigenvalue weighted by molar-refractivity contribution is -0.139. The van der Waals surface area contributed by atoms with E-state index in [0.29, 0.717) is 48.7 Å². The molecule has 8 nitrogen and oxygen atoms in total. The molecule has 6 rings (SSSR count). The number of pyridine rings is 1. The number of alkyl halides is 3. The third-order valence-electron chi connectivity index (χ3n) is 7.71. The van der Waals surface area contributed by atoms with Gasteiger partial charge >= 0.3 is 12.1 Å². The molecular formula is C30H28F4N4O4. The van der Waals surface area contributed by atoms with E-state index in [1.54, 1.807) is 16.7 Å². The minimum absolute atomic E-state index is 0.0595. The van der Waals surface area contributed by atoms with Crippen LogP contribution in [0.1, 0.15) is 50.6 Å². The third kappa shape index (κ3) is 5.68. The van der Waals surface area contributed by atoms with Crippen LogP contribution in [0.5, 0.6) is 5.88 Å². The summed E-state index contributed by atoms with van der Waals surface area (Å²) in [5.41, 5.74) is 2.04. The second-order valence-corrected chi connectivity index (χ2v) is 10.7. The summed E-state index contributed by atoms with van der Waals surface area (Å²) < 4.78 is 69.7. The maximum absolute atomic E-state index is 14.9. The van der Waals surface area contributed by atoms with Gasteiger partial charge in [-0.1, -0.05) is 29.8 Å². The molecular weight excluding hydrogens is 556 g/mol. The maximum Gasteiger partial charge on any atom is 0.421 e. The molecule has 1 atom stereocenters. The van der Waals surface area contributed by atoms with E-state index in [9.17, 15) is 27.5 Å². The minimum atomic E-state index is -4.63. The molecule has 42 heavy (non-hydrogen) atoms.